The van der Waals surface area contributed by atoms with E-state index >= 15 is 0 Å². The van der Waals surface area contributed by atoms with Gasteiger partial charge in [0.1, 0.15) is 0 Å². The molecule has 0 aromatic heterocycles. The fourth-order valence-corrected chi connectivity index (χ4v) is 2.21. The molecule has 0 heterocycles. The van der Waals surface area contributed by atoms with Crippen molar-refractivity contribution in [1.82, 2.24) is 0 Å². The number of amides is 1. The Hall–Kier alpha value is -2.65. The number of hydrogen-bond acceptors (Lipinski definition) is 3. The predicted molar refractivity (Wildman–Crippen MR) is 80.2 cm³/mol. The molecule has 2 N–H and O–H groups in total. The van der Waals surface area contributed by atoms with E-state index in [1.165, 1.54) is 12.1 Å². The van der Waals surface area contributed by atoms with E-state index in [1.807, 2.05) is 6.07 Å². The monoisotopic (exact) mass is 344 g/mol. The summed E-state index contributed by atoms with van der Waals surface area (Å²) >= 11 is 3.21. The van der Waals surface area contributed by atoms with E-state index in [4.69, 9.17) is 10.4 Å². The van der Waals surface area contributed by atoms with Crippen molar-refractivity contribution < 1.29 is 14.7 Å². The van der Waals surface area contributed by atoms with Crippen LogP contribution in [0.1, 0.15) is 26.3 Å². The van der Waals surface area contributed by atoms with Crippen molar-refractivity contribution in [3.8, 4) is 6.07 Å². The van der Waals surface area contributed by atoms with E-state index in [0.717, 1.165) is 0 Å². The summed E-state index contributed by atoms with van der Waals surface area (Å²) in [5.41, 5.74) is 0.793. The second-order valence-electron chi connectivity index (χ2n) is 4.11. The average molecular weight is 345 g/mol. The Kier molecular flexibility index (Phi) is 4.36. The first-order valence-corrected chi connectivity index (χ1v) is 6.65. The van der Waals surface area contributed by atoms with Gasteiger partial charge in [0.15, 0.2) is 0 Å². The first-order chi connectivity index (χ1) is 10.0. The molecule has 0 aliphatic carbocycles. The number of aromatic carboxylic acids is 1. The average Bonchev–Trinajstić information content (AvgIpc) is 2.49. The van der Waals surface area contributed by atoms with Crippen molar-refractivity contribution >= 4 is 33.5 Å². The summed E-state index contributed by atoms with van der Waals surface area (Å²) in [5.74, 6) is -1.63. The molecule has 6 heteroatoms. The van der Waals surface area contributed by atoms with Gasteiger partial charge in [-0.1, -0.05) is 12.1 Å². The van der Waals surface area contributed by atoms with Gasteiger partial charge < -0.3 is 10.4 Å². The topological polar surface area (TPSA) is 90.2 Å². The molecule has 2 aromatic rings. The van der Waals surface area contributed by atoms with Crippen molar-refractivity contribution in [1.29, 1.82) is 5.26 Å². The lowest BCUT2D eigenvalue weighted by atomic mass is 10.1. The molecular weight excluding hydrogens is 336 g/mol. The summed E-state index contributed by atoms with van der Waals surface area (Å²) in [6.07, 6.45) is 0. The molecule has 0 spiro atoms. The summed E-state index contributed by atoms with van der Waals surface area (Å²) in [6, 6.07) is 12.7. The maximum Gasteiger partial charge on any atom is 0.337 e. The lowest BCUT2D eigenvalue weighted by Gasteiger charge is -2.10. The second-order valence-corrected chi connectivity index (χ2v) is 4.97. The molecule has 2 rings (SSSR count). The third kappa shape index (κ3) is 3.27. The first kappa shape index (κ1) is 14.8. The highest BCUT2D eigenvalue weighted by Crippen LogP contribution is 2.27. The molecule has 0 saturated heterocycles. The van der Waals surface area contributed by atoms with Crippen LogP contribution in [0.25, 0.3) is 0 Å². The van der Waals surface area contributed by atoms with Crippen molar-refractivity contribution in [2.45, 2.75) is 0 Å². The van der Waals surface area contributed by atoms with Gasteiger partial charge in [-0.3, -0.25) is 4.79 Å². The zero-order valence-corrected chi connectivity index (χ0v) is 12.2. The number of hydrogen-bond donors (Lipinski definition) is 2. The molecule has 0 atom stereocenters. The van der Waals surface area contributed by atoms with Gasteiger partial charge in [-0.05, 0) is 46.3 Å². The van der Waals surface area contributed by atoms with Crippen LogP contribution < -0.4 is 5.32 Å². The molecule has 21 heavy (non-hydrogen) atoms. The minimum atomic E-state index is -1.14. The first-order valence-electron chi connectivity index (χ1n) is 5.86. The number of anilines is 1. The standard InChI is InChI=1S/C15H9BrN2O3/c16-12-6-2-5-11(15(20)21)13(12)18-14(19)10-4-1-3-9(7-10)8-17/h1-7H,(H,18,19)(H,20,21). The summed E-state index contributed by atoms with van der Waals surface area (Å²) in [4.78, 5) is 23.4. The Labute approximate surface area is 129 Å². The fraction of sp³-hybridized carbons (Fsp3) is 0. The summed E-state index contributed by atoms with van der Waals surface area (Å²) < 4.78 is 0.465. The number of nitriles is 1. The van der Waals surface area contributed by atoms with Gasteiger partial charge in [-0.2, -0.15) is 5.26 Å². The van der Waals surface area contributed by atoms with E-state index in [-0.39, 0.29) is 16.8 Å². The maximum absolute atomic E-state index is 12.2. The van der Waals surface area contributed by atoms with Crippen molar-refractivity contribution in [2.24, 2.45) is 0 Å². The molecule has 5 nitrogen and oxygen atoms in total. The number of carbonyl (C=O) groups excluding carboxylic acids is 1. The van der Waals surface area contributed by atoms with Crippen LogP contribution >= 0.6 is 15.9 Å². The molecule has 0 bridgehead atoms. The van der Waals surface area contributed by atoms with Gasteiger partial charge in [-0.25, -0.2) is 4.79 Å². The highest BCUT2D eigenvalue weighted by atomic mass is 79.9. The second kappa shape index (κ2) is 6.20. The Morgan fingerprint density at radius 2 is 1.90 bits per heavy atom. The smallest absolute Gasteiger partial charge is 0.337 e. The number of para-hydroxylation sites is 1. The SMILES string of the molecule is N#Cc1cccc(C(=O)Nc2c(Br)cccc2C(=O)O)c1. The van der Waals surface area contributed by atoms with E-state index in [1.54, 1.807) is 30.3 Å². The van der Waals surface area contributed by atoms with Crippen molar-refractivity contribution in [3.05, 3.63) is 63.6 Å². The minimum absolute atomic E-state index is 0.0193. The number of halogens is 1. The number of carboxylic acid groups (broad SMARTS) is 1. The summed E-state index contributed by atoms with van der Waals surface area (Å²) in [5, 5.41) is 20.5. The zero-order chi connectivity index (χ0) is 15.4. The largest absolute Gasteiger partial charge is 0.478 e. The highest BCUT2D eigenvalue weighted by molar-refractivity contribution is 9.10. The van der Waals surface area contributed by atoms with Crippen LogP contribution in [-0.2, 0) is 0 Å². The van der Waals surface area contributed by atoms with Gasteiger partial charge >= 0.3 is 5.97 Å². The summed E-state index contributed by atoms with van der Waals surface area (Å²) in [6.45, 7) is 0. The number of carboxylic acids is 1. The Morgan fingerprint density at radius 1 is 1.19 bits per heavy atom. The van der Waals surface area contributed by atoms with Crippen LogP contribution in [0.2, 0.25) is 0 Å². The number of rotatable bonds is 3. The van der Waals surface area contributed by atoms with Crippen LogP contribution in [0.4, 0.5) is 5.69 Å². The lowest BCUT2D eigenvalue weighted by Crippen LogP contribution is -2.15. The summed E-state index contributed by atoms with van der Waals surface area (Å²) in [7, 11) is 0. The van der Waals surface area contributed by atoms with Gasteiger partial charge in [0.25, 0.3) is 5.91 Å². The number of carbonyl (C=O) groups is 2. The Morgan fingerprint density at radius 3 is 2.57 bits per heavy atom. The van der Waals surface area contributed by atoms with Crippen LogP contribution in [-0.4, -0.2) is 17.0 Å². The lowest BCUT2D eigenvalue weighted by molar-refractivity contribution is 0.0698. The van der Waals surface area contributed by atoms with Crippen LogP contribution in [0.5, 0.6) is 0 Å². The highest BCUT2D eigenvalue weighted by Gasteiger charge is 2.16. The van der Waals surface area contributed by atoms with E-state index < -0.39 is 11.9 Å². The van der Waals surface area contributed by atoms with Gasteiger partial charge in [-0.15, -0.1) is 0 Å². The fourth-order valence-electron chi connectivity index (χ4n) is 1.75. The molecule has 0 radical (unpaired) electrons. The molecule has 0 saturated carbocycles. The van der Waals surface area contributed by atoms with Gasteiger partial charge in [0.2, 0.25) is 0 Å². The van der Waals surface area contributed by atoms with Crippen LogP contribution in [0.15, 0.2) is 46.9 Å². The van der Waals surface area contributed by atoms with E-state index in [9.17, 15) is 9.59 Å². The Balaban J connectivity index is 2.36. The molecule has 0 fully saturated rings. The number of benzene rings is 2. The number of nitrogens with one attached hydrogen (secondary N) is 1. The molecule has 2 aromatic carbocycles. The van der Waals surface area contributed by atoms with Gasteiger partial charge in [0.05, 0.1) is 22.9 Å². The van der Waals surface area contributed by atoms with Crippen molar-refractivity contribution in [2.75, 3.05) is 5.32 Å². The van der Waals surface area contributed by atoms with Gasteiger partial charge in [0, 0.05) is 10.0 Å². The molecule has 0 aliphatic rings. The van der Waals surface area contributed by atoms with Crippen LogP contribution in [0, 0.1) is 11.3 Å². The van der Waals surface area contributed by atoms with E-state index in [2.05, 4.69) is 21.2 Å². The molecular formula is C15H9BrN2O3. The minimum Gasteiger partial charge on any atom is -0.478 e. The molecule has 0 aliphatic heterocycles. The van der Waals surface area contributed by atoms with Crippen molar-refractivity contribution in [3.63, 3.8) is 0 Å². The predicted octanol–water partition coefficient (Wildman–Crippen LogP) is 3.27. The van der Waals surface area contributed by atoms with E-state index in [0.29, 0.717) is 10.0 Å². The molecule has 0 unspecified atom stereocenters. The maximum atomic E-state index is 12.2. The molecule has 104 valence electrons. The quantitative estimate of drug-likeness (QED) is 0.893. The van der Waals surface area contributed by atoms with Crippen LogP contribution in [0.3, 0.4) is 0 Å². The third-order valence-electron chi connectivity index (χ3n) is 2.74. The number of nitrogens with zero attached hydrogens (tertiary/aromatic N) is 1. The zero-order valence-electron chi connectivity index (χ0n) is 10.6. The third-order valence-corrected chi connectivity index (χ3v) is 3.40. The molecule has 1 amide bonds. The normalized spacial score (nSPS) is 9.71. The Bertz CT molecular complexity index is 766.